The van der Waals surface area contributed by atoms with Crippen molar-refractivity contribution in [2.24, 2.45) is 0 Å². The maximum atomic E-state index is 12.8. The van der Waals surface area contributed by atoms with Crippen molar-refractivity contribution in [3.8, 4) is 0 Å². The molecule has 0 bridgehead atoms. The molecule has 108 valence electrons. The molecule has 1 heterocycles. The molecule has 5 nitrogen and oxygen atoms in total. The van der Waals surface area contributed by atoms with Crippen molar-refractivity contribution in [2.75, 3.05) is 17.2 Å². The van der Waals surface area contributed by atoms with Gasteiger partial charge in [0.1, 0.15) is 11.9 Å². The molecule has 7 heteroatoms. The summed E-state index contributed by atoms with van der Waals surface area (Å²) in [6.45, 7) is 3.70. The summed E-state index contributed by atoms with van der Waals surface area (Å²) in [6.07, 6.45) is 1.84. The average molecular weight is 298 g/mol. The largest absolute Gasteiger partial charge is 0.309 e. The zero-order chi connectivity index (χ0) is 14.8. The van der Waals surface area contributed by atoms with E-state index < -0.39 is 16.1 Å². The summed E-state index contributed by atoms with van der Waals surface area (Å²) in [6, 6.07) is 4.73. The monoisotopic (exact) mass is 298 g/mol. The second kappa shape index (κ2) is 5.72. The zero-order valence-electron chi connectivity index (χ0n) is 10.8. The van der Waals surface area contributed by atoms with Crippen LogP contribution in [0, 0.1) is 5.82 Å². The molecule has 1 aromatic rings. The first-order valence-electron chi connectivity index (χ1n) is 6.11. The fraction of sp³-hybridized carbons (Fsp3) is 0.308. The first-order chi connectivity index (χ1) is 9.43. The molecule has 0 saturated carbocycles. The van der Waals surface area contributed by atoms with Gasteiger partial charge in [-0.2, -0.15) is 0 Å². The van der Waals surface area contributed by atoms with Crippen molar-refractivity contribution < 1.29 is 17.6 Å². The minimum absolute atomic E-state index is 0.0865. The number of hydrogen-bond donors (Lipinski definition) is 1. The van der Waals surface area contributed by atoms with E-state index in [1.165, 1.54) is 35.2 Å². The summed E-state index contributed by atoms with van der Waals surface area (Å²) in [5.74, 6) is -0.807. The molecule has 0 spiro atoms. The quantitative estimate of drug-likeness (QED) is 0.630. The van der Waals surface area contributed by atoms with Crippen LogP contribution in [0.25, 0.3) is 0 Å². The van der Waals surface area contributed by atoms with E-state index in [0.717, 1.165) is 0 Å². The predicted molar refractivity (Wildman–Crippen MR) is 74.3 cm³/mol. The Morgan fingerprint density at radius 3 is 2.60 bits per heavy atom. The molecule has 1 atom stereocenters. The lowest BCUT2D eigenvalue weighted by Gasteiger charge is -2.38. The van der Waals surface area contributed by atoms with E-state index >= 15 is 0 Å². The van der Waals surface area contributed by atoms with Gasteiger partial charge in [0, 0.05) is 5.69 Å². The van der Waals surface area contributed by atoms with Gasteiger partial charge in [-0.15, -0.1) is 6.58 Å². The summed E-state index contributed by atoms with van der Waals surface area (Å²) in [5, 5.41) is 0. The molecule has 1 N–H and O–H groups in total. The highest BCUT2D eigenvalue weighted by molar-refractivity contribution is 7.89. The minimum atomic E-state index is -3.48. The van der Waals surface area contributed by atoms with Crippen molar-refractivity contribution in [3.63, 3.8) is 0 Å². The van der Waals surface area contributed by atoms with E-state index in [-0.39, 0.29) is 24.0 Å². The van der Waals surface area contributed by atoms with Crippen LogP contribution in [0.3, 0.4) is 0 Å². The number of sulfonamides is 1. The summed E-state index contributed by atoms with van der Waals surface area (Å²) in [7, 11) is -3.48. The standard InChI is InChI=1S/C13H15FN2O3S/c1-2-3-8-20(18,19)15-12-9-16(13(12)17)11-6-4-10(14)5-7-11/h2,4-7,12,15H,1,3,8-9H2. The third-order valence-electron chi connectivity index (χ3n) is 2.98. The maximum absolute atomic E-state index is 12.8. The number of halogens is 1. The third kappa shape index (κ3) is 3.23. The number of nitrogens with zero attached hydrogens (tertiary/aromatic N) is 1. The van der Waals surface area contributed by atoms with Crippen LogP contribution < -0.4 is 9.62 Å². The highest BCUT2D eigenvalue weighted by Gasteiger charge is 2.39. The van der Waals surface area contributed by atoms with Gasteiger partial charge in [-0.25, -0.2) is 17.5 Å². The van der Waals surface area contributed by atoms with Gasteiger partial charge in [0.25, 0.3) is 0 Å². The SMILES string of the molecule is C=CCCS(=O)(=O)NC1CN(c2ccc(F)cc2)C1=O. The highest BCUT2D eigenvalue weighted by Crippen LogP contribution is 2.22. The Morgan fingerprint density at radius 2 is 2.05 bits per heavy atom. The van der Waals surface area contributed by atoms with Gasteiger partial charge in [-0.1, -0.05) is 6.08 Å². The molecule has 0 aliphatic carbocycles. The first-order valence-corrected chi connectivity index (χ1v) is 7.76. The van der Waals surface area contributed by atoms with Crippen molar-refractivity contribution in [3.05, 3.63) is 42.7 Å². The molecule has 1 aliphatic rings. The Kier molecular flexibility index (Phi) is 4.20. The number of carbonyl (C=O) groups is 1. The van der Waals surface area contributed by atoms with E-state index in [2.05, 4.69) is 11.3 Å². The van der Waals surface area contributed by atoms with Gasteiger partial charge >= 0.3 is 0 Å². The van der Waals surface area contributed by atoms with Gasteiger partial charge in [-0.3, -0.25) is 4.79 Å². The molecule has 1 aromatic carbocycles. The van der Waals surface area contributed by atoms with Gasteiger partial charge in [0.2, 0.25) is 15.9 Å². The molecule has 0 aromatic heterocycles. The second-order valence-electron chi connectivity index (χ2n) is 4.49. The van der Waals surface area contributed by atoms with Gasteiger partial charge in [0.15, 0.2) is 0 Å². The topological polar surface area (TPSA) is 66.5 Å². The highest BCUT2D eigenvalue weighted by atomic mass is 32.2. The third-order valence-corrected chi connectivity index (χ3v) is 4.40. The summed E-state index contributed by atoms with van der Waals surface area (Å²) >= 11 is 0. The summed E-state index contributed by atoms with van der Waals surface area (Å²) in [5.41, 5.74) is 0.554. The molecule has 2 rings (SSSR count). The number of amides is 1. The molecule has 0 radical (unpaired) electrons. The van der Waals surface area contributed by atoms with Crippen molar-refractivity contribution in [2.45, 2.75) is 12.5 Å². The lowest BCUT2D eigenvalue weighted by molar-refractivity contribution is -0.124. The van der Waals surface area contributed by atoms with Crippen molar-refractivity contribution >= 4 is 21.6 Å². The van der Waals surface area contributed by atoms with Crippen LogP contribution in [0.4, 0.5) is 10.1 Å². The van der Waals surface area contributed by atoms with Crippen molar-refractivity contribution in [1.29, 1.82) is 0 Å². The first kappa shape index (κ1) is 14.7. The maximum Gasteiger partial charge on any atom is 0.247 e. The fourth-order valence-corrected chi connectivity index (χ4v) is 3.09. The number of hydrogen-bond acceptors (Lipinski definition) is 3. The Morgan fingerprint density at radius 1 is 1.40 bits per heavy atom. The normalized spacial score (nSPS) is 18.8. The van der Waals surface area contributed by atoms with Crippen LogP contribution in [0.5, 0.6) is 0 Å². The van der Waals surface area contributed by atoms with E-state index in [1.807, 2.05) is 0 Å². The Hall–Kier alpha value is -1.73. The smallest absolute Gasteiger partial charge is 0.247 e. The van der Waals surface area contributed by atoms with E-state index in [0.29, 0.717) is 12.1 Å². The van der Waals surface area contributed by atoms with Crippen molar-refractivity contribution in [1.82, 2.24) is 4.72 Å². The van der Waals surface area contributed by atoms with Gasteiger partial charge in [0.05, 0.1) is 12.3 Å². The van der Waals surface area contributed by atoms with Crippen LogP contribution in [-0.4, -0.2) is 32.7 Å². The molecule has 1 fully saturated rings. The molecule has 20 heavy (non-hydrogen) atoms. The number of benzene rings is 1. The zero-order valence-corrected chi connectivity index (χ0v) is 11.6. The molecular formula is C13H15FN2O3S. The lowest BCUT2D eigenvalue weighted by atomic mass is 10.1. The predicted octanol–water partition coefficient (Wildman–Crippen LogP) is 1.04. The molecule has 1 unspecified atom stereocenters. The van der Waals surface area contributed by atoms with Crippen LogP contribution in [0.2, 0.25) is 0 Å². The Bertz CT molecular complexity index is 613. The van der Waals surface area contributed by atoms with Crippen LogP contribution in [0.15, 0.2) is 36.9 Å². The van der Waals surface area contributed by atoms with E-state index in [9.17, 15) is 17.6 Å². The lowest BCUT2D eigenvalue weighted by Crippen LogP contribution is -2.64. The fourth-order valence-electron chi connectivity index (χ4n) is 1.88. The average Bonchev–Trinajstić information content (AvgIpc) is 2.42. The molecule has 1 aliphatic heterocycles. The minimum Gasteiger partial charge on any atom is -0.309 e. The number of rotatable bonds is 6. The second-order valence-corrected chi connectivity index (χ2v) is 6.37. The van der Waals surface area contributed by atoms with Crippen LogP contribution >= 0.6 is 0 Å². The Balaban J connectivity index is 1.95. The molecule has 1 saturated heterocycles. The number of anilines is 1. The number of β-lactam (4-membered cyclic amide) rings is 1. The van der Waals surface area contributed by atoms with E-state index in [4.69, 9.17) is 0 Å². The van der Waals surface area contributed by atoms with Crippen LogP contribution in [-0.2, 0) is 14.8 Å². The van der Waals surface area contributed by atoms with Crippen LogP contribution in [0.1, 0.15) is 6.42 Å². The molecular weight excluding hydrogens is 283 g/mol. The number of allylic oxidation sites excluding steroid dienone is 1. The van der Waals surface area contributed by atoms with Gasteiger partial charge < -0.3 is 4.90 Å². The van der Waals surface area contributed by atoms with Gasteiger partial charge in [-0.05, 0) is 30.7 Å². The molecule has 1 amide bonds. The summed E-state index contributed by atoms with van der Waals surface area (Å²) in [4.78, 5) is 13.3. The van der Waals surface area contributed by atoms with E-state index in [1.54, 1.807) is 0 Å². The Labute approximate surface area is 117 Å². The number of carbonyl (C=O) groups excluding carboxylic acids is 1. The summed E-state index contributed by atoms with van der Waals surface area (Å²) < 4.78 is 38.4. The number of nitrogens with one attached hydrogen (secondary N) is 1.